The lowest BCUT2D eigenvalue weighted by molar-refractivity contribution is 0.0949. The quantitative estimate of drug-likeness (QED) is 0.717. The van der Waals surface area contributed by atoms with E-state index in [1.165, 1.54) is 6.20 Å². The minimum Gasteiger partial charge on any atom is -0.349 e. The number of nitrogens with zero attached hydrogens (tertiary/aromatic N) is 3. The minimum absolute atomic E-state index is 0.114. The molecule has 2 amide bonds. The van der Waals surface area contributed by atoms with E-state index >= 15 is 0 Å². The number of carbonyl (C=O) groups excluding carboxylic acids is 2. The van der Waals surface area contributed by atoms with E-state index in [9.17, 15) is 9.59 Å². The molecule has 0 unspecified atom stereocenters. The number of hydrogen-bond acceptors (Lipinski definition) is 4. The zero-order valence-electron chi connectivity index (χ0n) is 15.8. The fourth-order valence-corrected chi connectivity index (χ4v) is 2.93. The molecule has 4 rings (SSSR count). The molecule has 0 spiro atoms. The molecule has 1 aromatic carbocycles. The lowest BCUT2D eigenvalue weighted by Gasteiger charge is -2.11. The molecular formula is C21H21N5O2. The second-order valence-electron chi connectivity index (χ2n) is 6.97. The number of nitrogens with one attached hydrogen (secondary N) is 2. The van der Waals surface area contributed by atoms with E-state index in [1.54, 1.807) is 23.0 Å². The molecule has 1 saturated carbocycles. The van der Waals surface area contributed by atoms with Gasteiger partial charge in [0.25, 0.3) is 11.8 Å². The van der Waals surface area contributed by atoms with Gasteiger partial charge in [0, 0.05) is 23.5 Å². The van der Waals surface area contributed by atoms with Crippen LogP contribution in [0.5, 0.6) is 0 Å². The van der Waals surface area contributed by atoms with Gasteiger partial charge in [0.15, 0.2) is 5.82 Å². The molecule has 0 bridgehead atoms. The van der Waals surface area contributed by atoms with E-state index in [0.717, 1.165) is 18.4 Å². The van der Waals surface area contributed by atoms with Crippen molar-refractivity contribution in [3.63, 3.8) is 0 Å². The average Bonchev–Trinajstić information content (AvgIpc) is 3.42. The molecule has 0 saturated heterocycles. The summed E-state index contributed by atoms with van der Waals surface area (Å²) in [5, 5.41) is 10.1. The monoisotopic (exact) mass is 375 g/mol. The maximum atomic E-state index is 12.8. The van der Waals surface area contributed by atoms with Gasteiger partial charge in [-0.1, -0.05) is 12.1 Å². The number of amides is 2. The maximum Gasteiger partial charge on any atom is 0.259 e. The Hall–Kier alpha value is -3.48. The van der Waals surface area contributed by atoms with E-state index in [1.807, 2.05) is 38.1 Å². The fraction of sp³-hybridized carbons (Fsp3) is 0.238. The van der Waals surface area contributed by atoms with Gasteiger partial charge in [0.1, 0.15) is 0 Å². The van der Waals surface area contributed by atoms with Crippen LogP contribution in [0.25, 0.3) is 5.82 Å². The zero-order chi connectivity index (χ0) is 19.7. The Kier molecular flexibility index (Phi) is 4.65. The standard InChI is InChI=1S/C21H21N5O2/c1-13-6-7-15(20(27)24-16-8-9-16)11-18(13)25-21(28)17-12-23-26(14(17)2)19-5-3-4-10-22-19/h3-7,10-12,16H,8-9H2,1-2H3,(H,24,27)(H,25,28). The van der Waals surface area contributed by atoms with E-state index in [0.29, 0.717) is 28.3 Å². The number of benzene rings is 1. The van der Waals surface area contributed by atoms with Crippen LogP contribution in [-0.4, -0.2) is 32.6 Å². The Labute approximate surface area is 162 Å². The Bertz CT molecular complexity index is 1040. The zero-order valence-corrected chi connectivity index (χ0v) is 15.8. The van der Waals surface area contributed by atoms with Gasteiger partial charge < -0.3 is 10.6 Å². The topological polar surface area (TPSA) is 88.9 Å². The third kappa shape index (κ3) is 3.64. The van der Waals surface area contributed by atoms with E-state index in [-0.39, 0.29) is 17.9 Å². The molecule has 142 valence electrons. The Morgan fingerprint density at radius 2 is 1.93 bits per heavy atom. The van der Waals surface area contributed by atoms with Crippen molar-refractivity contribution in [1.29, 1.82) is 0 Å². The lowest BCUT2D eigenvalue weighted by Crippen LogP contribution is -2.25. The second-order valence-corrected chi connectivity index (χ2v) is 6.97. The van der Waals surface area contributed by atoms with E-state index < -0.39 is 0 Å². The number of aryl methyl sites for hydroxylation is 1. The largest absolute Gasteiger partial charge is 0.349 e. The summed E-state index contributed by atoms with van der Waals surface area (Å²) >= 11 is 0. The molecule has 7 nitrogen and oxygen atoms in total. The second kappa shape index (κ2) is 7.26. The predicted molar refractivity (Wildman–Crippen MR) is 106 cm³/mol. The van der Waals surface area contributed by atoms with E-state index in [2.05, 4.69) is 20.7 Å². The Morgan fingerprint density at radius 3 is 2.64 bits per heavy atom. The normalized spacial score (nSPS) is 13.2. The van der Waals surface area contributed by atoms with E-state index in [4.69, 9.17) is 0 Å². The van der Waals surface area contributed by atoms with Crippen LogP contribution in [0.1, 0.15) is 44.8 Å². The highest BCUT2D eigenvalue weighted by molar-refractivity contribution is 6.06. The highest BCUT2D eigenvalue weighted by atomic mass is 16.2. The SMILES string of the molecule is Cc1ccc(C(=O)NC2CC2)cc1NC(=O)c1cnn(-c2ccccn2)c1C. The summed E-state index contributed by atoms with van der Waals surface area (Å²) in [7, 11) is 0. The molecule has 0 atom stereocenters. The summed E-state index contributed by atoms with van der Waals surface area (Å²) in [6.07, 6.45) is 5.26. The summed E-state index contributed by atoms with van der Waals surface area (Å²) in [6, 6.07) is 11.1. The Morgan fingerprint density at radius 1 is 1.11 bits per heavy atom. The predicted octanol–water partition coefficient (Wildman–Crippen LogP) is 3.03. The molecule has 1 fully saturated rings. The van der Waals surface area contributed by atoms with Crippen molar-refractivity contribution in [2.45, 2.75) is 32.7 Å². The van der Waals surface area contributed by atoms with Crippen LogP contribution in [0.2, 0.25) is 0 Å². The molecule has 2 N–H and O–H groups in total. The van der Waals surface area contributed by atoms with Crippen molar-refractivity contribution in [3.05, 3.63) is 71.2 Å². The fourth-order valence-electron chi connectivity index (χ4n) is 2.93. The summed E-state index contributed by atoms with van der Waals surface area (Å²) in [6.45, 7) is 3.71. The van der Waals surface area contributed by atoms with Crippen molar-refractivity contribution in [3.8, 4) is 5.82 Å². The van der Waals surface area contributed by atoms with Gasteiger partial charge in [-0.25, -0.2) is 9.67 Å². The number of aromatic nitrogens is 3. The van der Waals surface area contributed by atoms with Crippen molar-refractivity contribution < 1.29 is 9.59 Å². The average molecular weight is 375 g/mol. The smallest absolute Gasteiger partial charge is 0.259 e. The lowest BCUT2D eigenvalue weighted by atomic mass is 10.1. The molecule has 1 aliphatic carbocycles. The number of rotatable bonds is 5. The van der Waals surface area contributed by atoms with Gasteiger partial charge in [-0.05, 0) is 56.5 Å². The molecular weight excluding hydrogens is 354 g/mol. The first-order chi connectivity index (χ1) is 13.5. The van der Waals surface area contributed by atoms with Gasteiger partial charge in [0.05, 0.1) is 17.5 Å². The molecule has 0 aliphatic heterocycles. The summed E-state index contributed by atoms with van der Waals surface area (Å²) < 4.78 is 1.63. The number of carbonyl (C=O) groups is 2. The maximum absolute atomic E-state index is 12.8. The van der Waals surface area contributed by atoms with Crippen LogP contribution >= 0.6 is 0 Å². The third-order valence-corrected chi connectivity index (χ3v) is 4.78. The van der Waals surface area contributed by atoms with Crippen LogP contribution < -0.4 is 10.6 Å². The molecule has 0 radical (unpaired) electrons. The molecule has 1 aliphatic rings. The van der Waals surface area contributed by atoms with Gasteiger partial charge in [0.2, 0.25) is 0 Å². The van der Waals surface area contributed by atoms with Gasteiger partial charge in [-0.2, -0.15) is 5.10 Å². The summed E-state index contributed by atoms with van der Waals surface area (Å²) in [4.78, 5) is 29.4. The van der Waals surface area contributed by atoms with Crippen LogP contribution in [0.3, 0.4) is 0 Å². The minimum atomic E-state index is -0.275. The summed E-state index contributed by atoms with van der Waals surface area (Å²) in [5.74, 6) is 0.258. The molecule has 7 heteroatoms. The first-order valence-electron chi connectivity index (χ1n) is 9.22. The molecule has 2 aromatic heterocycles. The van der Waals surface area contributed by atoms with Crippen molar-refractivity contribution >= 4 is 17.5 Å². The number of hydrogen-bond donors (Lipinski definition) is 2. The van der Waals surface area contributed by atoms with Gasteiger partial charge >= 0.3 is 0 Å². The van der Waals surface area contributed by atoms with Crippen LogP contribution in [0.15, 0.2) is 48.8 Å². The van der Waals surface area contributed by atoms with Gasteiger partial charge in [-0.15, -0.1) is 0 Å². The first kappa shape index (κ1) is 17.9. The van der Waals surface area contributed by atoms with Crippen LogP contribution in [0.4, 0.5) is 5.69 Å². The molecule has 3 aromatic rings. The van der Waals surface area contributed by atoms with Crippen LogP contribution in [0, 0.1) is 13.8 Å². The van der Waals surface area contributed by atoms with Crippen molar-refractivity contribution in [1.82, 2.24) is 20.1 Å². The number of anilines is 1. The first-order valence-corrected chi connectivity index (χ1v) is 9.22. The number of pyridine rings is 1. The third-order valence-electron chi connectivity index (χ3n) is 4.78. The Balaban J connectivity index is 1.55. The van der Waals surface area contributed by atoms with Crippen molar-refractivity contribution in [2.75, 3.05) is 5.32 Å². The molecule has 28 heavy (non-hydrogen) atoms. The highest BCUT2D eigenvalue weighted by Gasteiger charge is 2.24. The molecule has 2 heterocycles. The van der Waals surface area contributed by atoms with Gasteiger partial charge in [-0.3, -0.25) is 9.59 Å². The summed E-state index contributed by atoms with van der Waals surface area (Å²) in [5.41, 5.74) is 3.17. The van der Waals surface area contributed by atoms with Crippen molar-refractivity contribution in [2.24, 2.45) is 0 Å². The highest BCUT2D eigenvalue weighted by Crippen LogP contribution is 2.22. The van der Waals surface area contributed by atoms with Crippen LogP contribution in [-0.2, 0) is 0 Å².